The summed E-state index contributed by atoms with van der Waals surface area (Å²) in [5, 5.41) is 0. The van der Waals surface area contributed by atoms with E-state index in [1.807, 2.05) is 24.3 Å². The van der Waals surface area contributed by atoms with Crippen LogP contribution in [0.25, 0.3) is 0 Å². The monoisotopic (exact) mass is 638 g/mol. The van der Waals surface area contributed by atoms with Crippen molar-refractivity contribution in [1.82, 2.24) is 0 Å². The van der Waals surface area contributed by atoms with Gasteiger partial charge in [-0.05, 0) is 120 Å². The molecule has 0 aliphatic rings. The van der Waals surface area contributed by atoms with Gasteiger partial charge in [-0.3, -0.25) is 0 Å². The SMILES string of the molecule is Brc1cc(Oc2cc(Br)c(Br)c(Br)c2)cc(Br)c1Br. The van der Waals surface area contributed by atoms with E-state index in [0.29, 0.717) is 0 Å². The smallest absolute Gasteiger partial charge is 0.129 e. The lowest BCUT2D eigenvalue weighted by atomic mass is 10.3. The normalized spacial score (nSPS) is 10.6. The van der Waals surface area contributed by atoms with Crippen molar-refractivity contribution in [2.45, 2.75) is 0 Å². The second-order valence-electron chi connectivity index (χ2n) is 3.50. The van der Waals surface area contributed by atoms with E-state index in [4.69, 9.17) is 4.74 Å². The maximum atomic E-state index is 5.85. The van der Waals surface area contributed by atoms with Gasteiger partial charge in [-0.25, -0.2) is 0 Å². The van der Waals surface area contributed by atoms with Crippen LogP contribution in [-0.2, 0) is 0 Å². The third-order valence-electron chi connectivity index (χ3n) is 2.15. The molecule has 1 nitrogen and oxygen atoms in total. The van der Waals surface area contributed by atoms with Gasteiger partial charge in [0, 0.05) is 26.8 Å². The Morgan fingerprint density at radius 1 is 0.526 bits per heavy atom. The highest BCUT2D eigenvalue weighted by atomic mass is 79.9. The van der Waals surface area contributed by atoms with E-state index >= 15 is 0 Å². The average Bonchev–Trinajstić information content (AvgIpc) is 2.33. The van der Waals surface area contributed by atoms with E-state index in [1.54, 1.807) is 0 Å². The zero-order chi connectivity index (χ0) is 14.2. The van der Waals surface area contributed by atoms with Gasteiger partial charge in [0.1, 0.15) is 11.5 Å². The lowest BCUT2D eigenvalue weighted by Crippen LogP contribution is -1.87. The zero-order valence-electron chi connectivity index (χ0n) is 8.99. The highest BCUT2D eigenvalue weighted by molar-refractivity contribution is 9.15. The summed E-state index contributed by atoms with van der Waals surface area (Å²) >= 11 is 20.8. The van der Waals surface area contributed by atoms with Crippen molar-refractivity contribution in [2.75, 3.05) is 0 Å². The standard InChI is InChI=1S/C12H4Br6O/c13-7-1-5(2-8(14)11(7)17)19-6-3-9(15)12(18)10(16)4-6/h1-4H. The number of rotatable bonds is 2. The van der Waals surface area contributed by atoms with Gasteiger partial charge in [0.05, 0.1) is 0 Å². The Bertz CT molecular complexity index is 539. The first-order valence-electron chi connectivity index (χ1n) is 4.85. The molecule has 100 valence electrons. The zero-order valence-corrected chi connectivity index (χ0v) is 18.5. The molecular weight excluding hydrogens is 640 g/mol. The topological polar surface area (TPSA) is 9.23 Å². The van der Waals surface area contributed by atoms with Crippen molar-refractivity contribution in [2.24, 2.45) is 0 Å². The van der Waals surface area contributed by atoms with Gasteiger partial charge in [0.15, 0.2) is 0 Å². The van der Waals surface area contributed by atoms with E-state index < -0.39 is 0 Å². The number of benzene rings is 2. The maximum Gasteiger partial charge on any atom is 0.129 e. The summed E-state index contributed by atoms with van der Waals surface area (Å²) in [6, 6.07) is 7.61. The predicted octanol–water partition coefficient (Wildman–Crippen LogP) is 8.05. The maximum absolute atomic E-state index is 5.85. The summed E-state index contributed by atoms with van der Waals surface area (Å²) in [5.74, 6) is 1.48. The molecule has 0 aliphatic heterocycles. The van der Waals surface area contributed by atoms with Crippen LogP contribution in [0.15, 0.2) is 51.1 Å². The average molecular weight is 644 g/mol. The summed E-state index contributed by atoms with van der Waals surface area (Å²) in [6.07, 6.45) is 0. The summed E-state index contributed by atoms with van der Waals surface area (Å²) in [7, 11) is 0. The highest BCUT2D eigenvalue weighted by Crippen LogP contribution is 2.39. The molecule has 0 aromatic heterocycles. The van der Waals surface area contributed by atoms with Crippen LogP contribution in [0.5, 0.6) is 11.5 Å². The Labute approximate surface area is 161 Å². The molecule has 0 N–H and O–H groups in total. The largest absolute Gasteiger partial charge is 0.457 e. The van der Waals surface area contributed by atoms with Gasteiger partial charge in [-0.2, -0.15) is 0 Å². The summed E-state index contributed by atoms with van der Waals surface area (Å²) < 4.78 is 11.5. The molecule has 0 amide bonds. The van der Waals surface area contributed by atoms with Gasteiger partial charge in [-0.15, -0.1) is 0 Å². The van der Waals surface area contributed by atoms with Crippen molar-refractivity contribution < 1.29 is 4.74 Å². The molecule has 0 saturated carbocycles. The number of hydrogen-bond donors (Lipinski definition) is 0. The van der Waals surface area contributed by atoms with Crippen LogP contribution in [0, 0.1) is 0 Å². The fraction of sp³-hybridized carbons (Fsp3) is 0. The molecular formula is C12H4Br6O. The van der Waals surface area contributed by atoms with E-state index in [-0.39, 0.29) is 0 Å². The van der Waals surface area contributed by atoms with Gasteiger partial charge < -0.3 is 4.74 Å². The Balaban J connectivity index is 2.36. The van der Waals surface area contributed by atoms with Crippen LogP contribution in [0.3, 0.4) is 0 Å². The molecule has 0 heterocycles. The van der Waals surface area contributed by atoms with Crippen LogP contribution in [0.4, 0.5) is 0 Å². The van der Waals surface area contributed by atoms with Crippen LogP contribution >= 0.6 is 95.6 Å². The van der Waals surface area contributed by atoms with E-state index in [1.165, 1.54) is 0 Å². The quantitative estimate of drug-likeness (QED) is 0.301. The second-order valence-corrected chi connectivity index (χ2v) is 8.51. The number of ether oxygens (including phenoxy) is 1. The molecule has 0 unspecified atom stereocenters. The van der Waals surface area contributed by atoms with Gasteiger partial charge in [-0.1, -0.05) is 0 Å². The minimum absolute atomic E-state index is 0.739. The molecule has 0 atom stereocenters. The van der Waals surface area contributed by atoms with Crippen molar-refractivity contribution in [1.29, 1.82) is 0 Å². The van der Waals surface area contributed by atoms with Gasteiger partial charge in [0.2, 0.25) is 0 Å². The van der Waals surface area contributed by atoms with Crippen LogP contribution in [0.2, 0.25) is 0 Å². The molecule has 2 rings (SSSR count). The number of hydrogen-bond acceptors (Lipinski definition) is 1. The molecule has 0 bridgehead atoms. The minimum atomic E-state index is 0.739. The molecule has 2 aromatic rings. The van der Waals surface area contributed by atoms with Crippen molar-refractivity contribution in [3.63, 3.8) is 0 Å². The van der Waals surface area contributed by atoms with E-state index in [9.17, 15) is 0 Å². The summed E-state index contributed by atoms with van der Waals surface area (Å²) in [6.45, 7) is 0. The summed E-state index contributed by atoms with van der Waals surface area (Å²) in [4.78, 5) is 0. The minimum Gasteiger partial charge on any atom is -0.457 e. The highest BCUT2D eigenvalue weighted by Gasteiger charge is 2.09. The Kier molecular flexibility index (Phi) is 6.01. The first-order chi connectivity index (χ1) is 8.88. The summed E-state index contributed by atoms with van der Waals surface area (Å²) in [5.41, 5.74) is 0. The molecule has 0 saturated heterocycles. The molecule has 0 radical (unpaired) electrons. The lowest BCUT2D eigenvalue weighted by molar-refractivity contribution is 0.481. The predicted molar refractivity (Wildman–Crippen MR) is 99.2 cm³/mol. The lowest BCUT2D eigenvalue weighted by Gasteiger charge is -2.10. The Hall–Kier alpha value is 1.12. The molecule has 19 heavy (non-hydrogen) atoms. The third-order valence-corrected chi connectivity index (χ3v) is 8.49. The van der Waals surface area contributed by atoms with Gasteiger partial charge in [0.25, 0.3) is 0 Å². The fourth-order valence-electron chi connectivity index (χ4n) is 1.32. The van der Waals surface area contributed by atoms with Crippen molar-refractivity contribution in [3.8, 4) is 11.5 Å². The first kappa shape index (κ1) is 16.5. The number of halogens is 6. The van der Waals surface area contributed by atoms with Crippen molar-refractivity contribution >= 4 is 95.6 Å². The second kappa shape index (κ2) is 6.92. The van der Waals surface area contributed by atoms with E-state index in [0.717, 1.165) is 38.3 Å². The Morgan fingerprint density at radius 3 is 1.05 bits per heavy atom. The molecule has 7 heteroatoms. The first-order valence-corrected chi connectivity index (χ1v) is 9.61. The van der Waals surface area contributed by atoms with Gasteiger partial charge >= 0.3 is 0 Å². The van der Waals surface area contributed by atoms with Crippen LogP contribution in [0.1, 0.15) is 0 Å². The van der Waals surface area contributed by atoms with E-state index in [2.05, 4.69) is 95.6 Å². The van der Waals surface area contributed by atoms with Crippen LogP contribution in [-0.4, -0.2) is 0 Å². The Morgan fingerprint density at radius 2 is 0.789 bits per heavy atom. The fourth-order valence-corrected chi connectivity index (χ4v) is 4.07. The molecule has 0 fully saturated rings. The molecule has 0 aliphatic carbocycles. The molecule has 2 aromatic carbocycles. The third kappa shape index (κ3) is 4.07. The molecule has 0 spiro atoms. The van der Waals surface area contributed by atoms with Crippen LogP contribution < -0.4 is 4.74 Å². The van der Waals surface area contributed by atoms with Crippen molar-refractivity contribution in [3.05, 3.63) is 51.1 Å².